The highest BCUT2D eigenvalue weighted by Gasteiger charge is 2.28. The fraction of sp³-hybridized carbons (Fsp3) is 0.368. The molecule has 0 fully saturated rings. The van der Waals surface area contributed by atoms with Crippen molar-refractivity contribution >= 4 is 18.9 Å². The van der Waals surface area contributed by atoms with Crippen LogP contribution in [0.2, 0.25) is 0 Å². The Hall–Kier alpha value is -2.78. The van der Waals surface area contributed by atoms with Gasteiger partial charge in [-0.05, 0) is 17.9 Å². The molecule has 2 amide bonds. The minimum atomic E-state index is -1.66. The first-order chi connectivity index (χ1) is 13.4. The van der Waals surface area contributed by atoms with E-state index < -0.39 is 30.9 Å². The Balaban J connectivity index is 2.11. The van der Waals surface area contributed by atoms with E-state index in [1.165, 1.54) is 18.6 Å². The predicted octanol–water partition coefficient (Wildman–Crippen LogP) is 0.881. The molecule has 0 radical (unpaired) electrons. The Morgan fingerprint density at radius 2 is 1.82 bits per heavy atom. The minimum absolute atomic E-state index is 0.0582. The molecule has 1 aromatic carbocycles. The number of hydrogen-bond donors (Lipinski definition) is 4. The number of nitrogens with zero attached hydrogens (tertiary/aromatic N) is 2. The monoisotopic (exact) mass is 384 g/mol. The molecule has 0 saturated carbocycles. The molecule has 4 N–H and O–H groups in total. The van der Waals surface area contributed by atoms with E-state index in [1.54, 1.807) is 12.1 Å². The zero-order valence-corrected chi connectivity index (χ0v) is 15.9. The first kappa shape index (κ1) is 21.5. The number of carbonyl (C=O) groups is 2. The highest BCUT2D eigenvalue weighted by Crippen LogP contribution is 2.18. The molecular formula is C19H25BN4O4. The van der Waals surface area contributed by atoms with Crippen LogP contribution in [0.1, 0.15) is 48.8 Å². The standard InChI is InChI=1S/C19H25BN4O4/c1-13(2)10-17(20(27)28)24-18(25)11-15(14-6-4-3-5-7-14)23-19(26)16-12-21-8-9-22-16/h3-9,12-13,15,17,27-28H,10-11H2,1-2H3,(H,23,26)(H,24,25)/t15?,17-/m0/s1. The van der Waals surface area contributed by atoms with Crippen LogP contribution in [0.25, 0.3) is 0 Å². The quantitative estimate of drug-likeness (QED) is 0.476. The predicted molar refractivity (Wildman–Crippen MR) is 105 cm³/mol. The average molecular weight is 384 g/mol. The summed E-state index contributed by atoms with van der Waals surface area (Å²) in [6, 6.07) is 8.47. The molecule has 0 spiro atoms. The van der Waals surface area contributed by atoms with Gasteiger partial charge < -0.3 is 20.7 Å². The van der Waals surface area contributed by atoms with E-state index >= 15 is 0 Å². The summed E-state index contributed by atoms with van der Waals surface area (Å²) in [7, 11) is -1.66. The molecule has 0 bridgehead atoms. The second kappa shape index (κ2) is 10.5. The molecule has 0 aliphatic carbocycles. The van der Waals surface area contributed by atoms with E-state index in [2.05, 4.69) is 20.6 Å². The number of aromatic nitrogens is 2. The molecule has 0 aliphatic heterocycles. The number of rotatable bonds is 9. The van der Waals surface area contributed by atoms with Crippen LogP contribution in [0, 0.1) is 5.92 Å². The summed E-state index contributed by atoms with van der Waals surface area (Å²) in [5.41, 5.74) is 0.896. The lowest BCUT2D eigenvalue weighted by Crippen LogP contribution is -2.48. The third kappa shape index (κ3) is 6.75. The number of carbonyl (C=O) groups excluding carboxylic acids is 2. The summed E-state index contributed by atoms with van der Waals surface area (Å²) in [6.45, 7) is 3.85. The fourth-order valence-corrected chi connectivity index (χ4v) is 2.80. The Morgan fingerprint density at radius 3 is 2.39 bits per heavy atom. The van der Waals surface area contributed by atoms with E-state index in [1.807, 2.05) is 32.0 Å². The van der Waals surface area contributed by atoms with Crippen LogP contribution in [-0.4, -0.2) is 44.9 Å². The van der Waals surface area contributed by atoms with E-state index in [0.29, 0.717) is 6.42 Å². The fourth-order valence-electron chi connectivity index (χ4n) is 2.80. The highest BCUT2D eigenvalue weighted by molar-refractivity contribution is 6.43. The van der Waals surface area contributed by atoms with Gasteiger partial charge in [-0.3, -0.25) is 14.6 Å². The number of hydrogen-bond acceptors (Lipinski definition) is 6. The van der Waals surface area contributed by atoms with Crippen molar-refractivity contribution in [2.75, 3.05) is 0 Å². The van der Waals surface area contributed by atoms with Gasteiger partial charge in [-0.1, -0.05) is 44.2 Å². The van der Waals surface area contributed by atoms with E-state index in [4.69, 9.17) is 0 Å². The molecule has 1 unspecified atom stereocenters. The average Bonchev–Trinajstić information content (AvgIpc) is 2.67. The van der Waals surface area contributed by atoms with Crippen LogP contribution in [-0.2, 0) is 4.79 Å². The maximum atomic E-state index is 12.5. The van der Waals surface area contributed by atoms with Crippen molar-refractivity contribution in [3.63, 3.8) is 0 Å². The lowest BCUT2D eigenvalue weighted by Gasteiger charge is -2.23. The van der Waals surface area contributed by atoms with Crippen LogP contribution < -0.4 is 10.6 Å². The highest BCUT2D eigenvalue weighted by atomic mass is 16.4. The molecule has 2 rings (SSSR count). The molecule has 1 aromatic heterocycles. The largest absolute Gasteiger partial charge is 0.475 e. The van der Waals surface area contributed by atoms with Crippen LogP contribution in [0.15, 0.2) is 48.9 Å². The second-order valence-electron chi connectivity index (χ2n) is 6.95. The van der Waals surface area contributed by atoms with Gasteiger partial charge in [0.2, 0.25) is 5.91 Å². The summed E-state index contributed by atoms with van der Waals surface area (Å²) in [6.07, 6.45) is 4.59. The van der Waals surface area contributed by atoms with Crippen molar-refractivity contribution < 1.29 is 19.6 Å². The Bertz CT molecular complexity index is 759. The summed E-state index contributed by atoms with van der Waals surface area (Å²) >= 11 is 0. The molecule has 0 saturated heterocycles. The molecular weight excluding hydrogens is 359 g/mol. The second-order valence-corrected chi connectivity index (χ2v) is 6.95. The molecule has 28 heavy (non-hydrogen) atoms. The van der Waals surface area contributed by atoms with Crippen molar-refractivity contribution in [2.24, 2.45) is 5.92 Å². The first-order valence-corrected chi connectivity index (χ1v) is 9.14. The van der Waals surface area contributed by atoms with Gasteiger partial charge in [0.1, 0.15) is 5.69 Å². The zero-order valence-electron chi connectivity index (χ0n) is 15.9. The van der Waals surface area contributed by atoms with Gasteiger partial charge in [-0.25, -0.2) is 4.98 Å². The van der Waals surface area contributed by atoms with E-state index in [9.17, 15) is 19.6 Å². The number of nitrogens with one attached hydrogen (secondary N) is 2. The molecule has 2 aromatic rings. The topological polar surface area (TPSA) is 124 Å². The molecule has 2 atom stereocenters. The van der Waals surface area contributed by atoms with Gasteiger partial charge in [-0.15, -0.1) is 0 Å². The van der Waals surface area contributed by atoms with Crippen molar-refractivity contribution in [2.45, 2.75) is 38.7 Å². The zero-order chi connectivity index (χ0) is 20.5. The molecule has 1 heterocycles. The number of amides is 2. The summed E-state index contributed by atoms with van der Waals surface area (Å²) in [5.74, 6) is -1.45. The third-order valence-electron chi connectivity index (χ3n) is 4.12. The lowest BCUT2D eigenvalue weighted by molar-refractivity contribution is -0.122. The molecule has 0 aliphatic rings. The van der Waals surface area contributed by atoms with Crippen molar-refractivity contribution in [1.82, 2.24) is 20.6 Å². The van der Waals surface area contributed by atoms with Gasteiger partial charge >= 0.3 is 7.12 Å². The van der Waals surface area contributed by atoms with E-state index in [-0.39, 0.29) is 18.0 Å². The smallest absolute Gasteiger partial charge is 0.426 e. The third-order valence-corrected chi connectivity index (χ3v) is 4.12. The van der Waals surface area contributed by atoms with Crippen molar-refractivity contribution in [1.29, 1.82) is 0 Å². The first-order valence-electron chi connectivity index (χ1n) is 9.14. The van der Waals surface area contributed by atoms with Gasteiger partial charge in [0.25, 0.3) is 5.91 Å². The van der Waals surface area contributed by atoms with Gasteiger partial charge in [0.05, 0.1) is 24.6 Å². The normalized spacial score (nSPS) is 12.9. The molecule has 8 nitrogen and oxygen atoms in total. The summed E-state index contributed by atoms with van der Waals surface area (Å²) in [5, 5.41) is 24.5. The Labute approximate surface area is 164 Å². The van der Waals surface area contributed by atoms with Crippen LogP contribution in [0.4, 0.5) is 0 Å². The van der Waals surface area contributed by atoms with Gasteiger partial charge in [-0.2, -0.15) is 0 Å². The molecule has 9 heteroatoms. The Kier molecular flexibility index (Phi) is 8.10. The van der Waals surface area contributed by atoms with Crippen LogP contribution in [0.3, 0.4) is 0 Å². The molecule has 148 valence electrons. The summed E-state index contributed by atoms with van der Waals surface area (Å²) in [4.78, 5) is 32.8. The summed E-state index contributed by atoms with van der Waals surface area (Å²) < 4.78 is 0. The van der Waals surface area contributed by atoms with Crippen LogP contribution >= 0.6 is 0 Å². The minimum Gasteiger partial charge on any atom is -0.426 e. The van der Waals surface area contributed by atoms with Crippen LogP contribution in [0.5, 0.6) is 0 Å². The SMILES string of the molecule is CC(C)C[C@H](NC(=O)CC(NC(=O)c1cnccn1)c1ccccc1)B(O)O. The van der Waals surface area contributed by atoms with Gasteiger partial charge in [0.15, 0.2) is 0 Å². The maximum Gasteiger partial charge on any atom is 0.475 e. The van der Waals surface area contributed by atoms with E-state index in [0.717, 1.165) is 5.56 Å². The van der Waals surface area contributed by atoms with Crippen molar-refractivity contribution in [3.8, 4) is 0 Å². The number of benzene rings is 1. The lowest BCUT2D eigenvalue weighted by atomic mass is 9.75. The van der Waals surface area contributed by atoms with Crippen molar-refractivity contribution in [3.05, 3.63) is 60.2 Å². The Morgan fingerprint density at radius 1 is 1.11 bits per heavy atom. The van der Waals surface area contributed by atoms with Gasteiger partial charge in [0, 0.05) is 12.4 Å². The maximum absolute atomic E-state index is 12.5.